The van der Waals surface area contributed by atoms with Gasteiger partial charge in [-0.25, -0.2) is 4.79 Å². The van der Waals surface area contributed by atoms with E-state index in [1.807, 2.05) is 13.8 Å². The average Bonchev–Trinajstić information content (AvgIpc) is 2.55. The second-order valence-electron chi connectivity index (χ2n) is 5.42. The van der Waals surface area contributed by atoms with Crippen LogP contribution >= 0.6 is 0 Å². The Labute approximate surface area is 140 Å². The van der Waals surface area contributed by atoms with E-state index >= 15 is 0 Å². The lowest BCUT2D eigenvalue weighted by atomic mass is 10.1. The Hall–Kier alpha value is -3.08. The molecular weight excluding hydrogens is 306 g/mol. The molecule has 124 valence electrons. The minimum atomic E-state index is -0.975. The quantitative estimate of drug-likeness (QED) is 0.595. The Bertz CT molecular complexity index is 731. The molecule has 5 nitrogen and oxygen atoms in total. The minimum absolute atomic E-state index is 0.0863. The molecule has 2 aromatic rings. The third-order valence-electron chi connectivity index (χ3n) is 3.13. The number of ketones is 1. The SMILES string of the molecule is CC(C)Oc1ccc(C(=O)C=CNc2ccc(C(=O)O)cc2)cc1. The standard InChI is InChI=1S/C19H19NO4/c1-13(2)24-17-9-5-14(6-10-17)18(21)11-12-20-16-7-3-15(4-8-16)19(22)23/h3-13,20H,1-2H3,(H,22,23). The highest BCUT2D eigenvalue weighted by Crippen LogP contribution is 2.15. The Morgan fingerprint density at radius 3 is 2.12 bits per heavy atom. The Morgan fingerprint density at radius 2 is 1.58 bits per heavy atom. The summed E-state index contributed by atoms with van der Waals surface area (Å²) in [5, 5.41) is 11.8. The number of benzene rings is 2. The molecule has 0 fully saturated rings. The predicted octanol–water partition coefficient (Wildman–Crippen LogP) is 3.98. The second-order valence-corrected chi connectivity index (χ2v) is 5.42. The summed E-state index contributed by atoms with van der Waals surface area (Å²) >= 11 is 0. The third kappa shape index (κ3) is 4.98. The summed E-state index contributed by atoms with van der Waals surface area (Å²) in [4.78, 5) is 22.8. The van der Waals surface area contributed by atoms with E-state index in [1.165, 1.54) is 24.4 Å². The van der Waals surface area contributed by atoms with Gasteiger partial charge in [0.15, 0.2) is 5.78 Å². The van der Waals surface area contributed by atoms with Crippen LogP contribution in [0.4, 0.5) is 5.69 Å². The van der Waals surface area contributed by atoms with E-state index < -0.39 is 5.97 Å². The van der Waals surface area contributed by atoms with Crippen molar-refractivity contribution in [2.24, 2.45) is 0 Å². The van der Waals surface area contributed by atoms with Crippen LogP contribution in [0.25, 0.3) is 0 Å². The van der Waals surface area contributed by atoms with Crippen molar-refractivity contribution >= 4 is 17.4 Å². The van der Waals surface area contributed by atoms with E-state index in [1.54, 1.807) is 36.4 Å². The van der Waals surface area contributed by atoms with Crippen LogP contribution < -0.4 is 10.1 Å². The molecular formula is C19H19NO4. The van der Waals surface area contributed by atoms with Gasteiger partial charge in [0.1, 0.15) is 5.75 Å². The predicted molar refractivity (Wildman–Crippen MR) is 92.7 cm³/mol. The van der Waals surface area contributed by atoms with Gasteiger partial charge in [0.05, 0.1) is 11.7 Å². The van der Waals surface area contributed by atoms with Crippen molar-refractivity contribution in [2.45, 2.75) is 20.0 Å². The smallest absolute Gasteiger partial charge is 0.335 e. The molecule has 0 bridgehead atoms. The molecule has 5 heteroatoms. The lowest BCUT2D eigenvalue weighted by Gasteiger charge is -2.09. The van der Waals surface area contributed by atoms with Crippen molar-refractivity contribution in [3.63, 3.8) is 0 Å². The molecule has 24 heavy (non-hydrogen) atoms. The largest absolute Gasteiger partial charge is 0.491 e. The molecule has 0 unspecified atom stereocenters. The Kier molecular flexibility index (Phi) is 5.73. The molecule has 2 rings (SSSR count). The molecule has 0 saturated carbocycles. The van der Waals surface area contributed by atoms with E-state index in [-0.39, 0.29) is 17.5 Å². The number of carbonyl (C=O) groups is 2. The van der Waals surface area contributed by atoms with Crippen LogP contribution in [0.1, 0.15) is 34.6 Å². The van der Waals surface area contributed by atoms with E-state index in [0.29, 0.717) is 11.3 Å². The Morgan fingerprint density at radius 1 is 1.00 bits per heavy atom. The van der Waals surface area contributed by atoms with Gasteiger partial charge < -0.3 is 15.2 Å². The molecule has 0 aliphatic heterocycles. The fourth-order valence-corrected chi connectivity index (χ4v) is 1.99. The highest BCUT2D eigenvalue weighted by molar-refractivity contribution is 6.04. The van der Waals surface area contributed by atoms with Gasteiger partial charge in [0.25, 0.3) is 0 Å². The normalized spacial score (nSPS) is 10.8. The number of carbonyl (C=O) groups excluding carboxylic acids is 1. The van der Waals surface area contributed by atoms with Crippen LogP contribution in [-0.2, 0) is 0 Å². The van der Waals surface area contributed by atoms with Crippen LogP contribution in [0, 0.1) is 0 Å². The van der Waals surface area contributed by atoms with Gasteiger partial charge in [-0.1, -0.05) is 0 Å². The number of ether oxygens (including phenoxy) is 1. The fraction of sp³-hybridized carbons (Fsp3) is 0.158. The van der Waals surface area contributed by atoms with Gasteiger partial charge in [0.2, 0.25) is 0 Å². The zero-order chi connectivity index (χ0) is 17.5. The monoisotopic (exact) mass is 325 g/mol. The fourth-order valence-electron chi connectivity index (χ4n) is 1.99. The lowest BCUT2D eigenvalue weighted by molar-refractivity contribution is 0.0696. The number of carboxylic acids is 1. The number of allylic oxidation sites excluding steroid dienone is 1. The van der Waals surface area contributed by atoms with Crippen LogP contribution in [0.3, 0.4) is 0 Å². The molecule has 0 spiro atoms. The first-order valence-corrected chi connectivity index (χ1v) is 7.53. The summed E-state index contributed by atoms with van der Waals surface area (Å²) in [7, 11) is 0. The number of hydrogen-bond donors (Lipinski definition) is 2. The van der Waals surface area contributed by atoms with Gasteiger partial charge in [-0.15, -0.1) is 0 Å². The number of rotatable bonds is 7. The average molecular weight is 325 g/mol. The first-order chi connectivity index (χ1) is 11.5. The van der Waals surface area contributed by atoms with Crippen molar-refractivity contribution in [3.05, 3.63) is 71.9 Å². The molecule has 0 atom stereocenters. The molecule has 0 heterocycles. The number of nitrogens with one attached hydrogen (secondary N) is 1. The van der Waals surface area contributed by atoms with Crippen LogP contribution in [0.15, 0.2) is 60.8 Å². The van der Waals surface area contributed by atoms with Crippen molar-refractivity contribution in [1.29, 1.82) is 0 Å². The summed E-state index contributed by atoms with van der Waals surface area (Å²) in [5.74, 6) is -0.389. The molecule has 0 aliphatic rings. The van der Waals surface area contributed by atoms with Crippen molar-refractivity contribution in [3.8, 4) is 5.75 Å². The van der Waals surface area contributed by atoms with Crippen molar-refractivity contribution in [1.82, 2.24) is 0 Å². The van der Waals surface area contributed by atoms with E-state index in [4.69, 9.17) is 9.84 Å². The van der Waals surface area contributed by atoms with Crippen LogP contribution in [-0.4, -0.2) is 23.0 Å². The van der Waals surface area contributed by atoms with Gasteiger partial charge in [-0.2, -0.15) is 0 Å². The first-order valence-electron chi connectivity index (χ1n) is 7.53. The van der Waals surface area contributed by atoms with E-state index in [9.17, 15) is 9.59 Å². The Balaban J connectivity index is 1.93. The number of aromatic carboxylic acids is 1. The zero-order valence-corrected chi connectivity index (χ0v) is 13.5. The number of carboxylic acid groups (broad SMARTS) is 1. The summed E-state index contributed by atoms with van der Waals surface area (Å²) in [6, 6.07) is 13.2. The molecule has 0 saturated heterocycles. The number of anilines is 1. The van der Waals surface area contributed by atoms with Crippen molar-refractivity contribution in [2.75, 3.05) is 5.32 Å². The van der Waals surface area contributed by atoms with Gasteiger partial charge in [-0.05, 0) is 62.4 Å². The zero-order valence-electron chi connectivity index (χ0n) is 13.5. The van der Waals surface area contributed by atoms with Gasteiger partial charge in [-0.3, -0.25) is 4.79 Å². The molecule has 0 radical (unpaired) electrons. The summed E-state index contributed by atoms with van der Waals surface area (Å²) in [5.41, 5.74) is 1.47. The topological polar surface area (TPSA) is 75.6 Å². The van der Waals surface area contributed by atoms with Crippen molar-refractivity contribution < 1.29 is 19.4 Å². The molecule has 2 aromatic carbocycles. The van der Waals surface area contributed by atoms with E-state index in [0.717, 1.165) is 5.75 Å². The third-order valence-corrected chi connectivity index (χ3v) is 3.13. The lowest BCUT2D eigenvalue weighted by Crippen LogP contribution is -2.05. The van der Waals surface area contributed by atoms with Gasteiger partial charge >= 0.3 is 5.97 Å². The number of hydrogen-bond acceptors (Lipinski definition) is 4. The maximum Gasteiger partial charge on any atom is 0.335 e. The van der Waals surface area contributed by atoms with Crippen LogP contribution in [0.2, 0.25) is 0 Å². The summed E-state index contributed by atoms with van der Waals surface area (Å²) in [6.07, 6.45) is 3.03. The maximum absolute atomic E-state index is 12.1. The van der Waals surface area contributed by atoms with Crippen LogP contribution in [0.5, 0.6) is 5.75 Å². The molecule has 0 amide bonds. The summed E-state index contributed by atoms with van der Waals surface area (Å²) < 4.78 is 5.53. The van der Waals surface area contributed by atoms with Gasteiger partial charge in [0, 0.05) is 23.5 Å². The summed E-state index contributed by atoms with van der Waals surface area (Å²) in [6.45, 7) is 3.88. The second kappa shape index (κ2) is 7.97. The first kappa shape index (κ1) is 17.3. The van der Waals surface area contributed by atoms with E-state index in [2.05, 4.69) is 5.32 Å². The molecule has 2 N–H and O–H groups in total. The maximum atomic E-state index is 12.1. The minimum Gasteiger partial charge on any atom is -0.491 e. The highest BCUT2D eigenvalue weighted by Gasteiger charge is 2.04. The molecule has 0 aromatic heterocycles. The molecule has 0 aliphatic carbocycles. The highest BCUT2D eigenvalue weighted by atomic mass is 16.5.